The second kappa shape index (κ2) is 26.6. The van der Waals surface area contributed by atoms with E-state index in [9.17, 15) is 0 Å². The molecule has 1 radical (unpaired) electrons. The summed E-state index contributed by atoms with van der Waals surface area (Å²) < 4.78 is 0. The molecule has 0 atom stereocenters. The Morgan fingerprint density at radius 1 is 0.750 bits per heavy atom. The van der Waals surface area contributed by atoms with Gasteiger partial charge < -0.3 is 11.0 Å². The van der Waals surface area contributed by atoms with Crippen LogP contribution in [-0.4, -0.2) is 0 Å². The van der Waals surface area contributed by atoms with Gasteiger partial charge >= 0.3 is 44.4 Å². The fourth-order valence-corrected chi connectivity index (χ4v) is 0. The van der Waals surface area contributed by atoms with E-state index in [0.717, 1.165) is 0 Å². The summed E-state index contributed by atoms with van der Waals surface area (Å²) in [6.45, 7) is 0. The van der Waals surface area contributed by atoms with E-state index in [1.165, 1.54) is 0 Å². The van der Waals surface area contributed by atoms with Gasteiger partial charge in [0.1, 0.15) is 0 Å². The maximum atomic E-state index is 0. The second-order valence-electron chi connectivity index (χ2n) is 0. The van der Waals surface area contributed by atoms with Crippen LogP contribution >= 0.6 is 0 Å². The standard InChI is InChI=1S/Cd.Cu.2O/q2*+2;2*-2. The van der Waals surface area contributed by atoms with E-state index < -0.39 is 0 Å². The third-order valence-electron chi connectivity index (χ3n) is 0. The van der Waals surface area contributed by atoms with Crippen LogP contribution in [0, 0.1) is 0 Å². The van der Waals surface area contributed by atoms with E-state index in [4.69, 9.17) is 0 Å². The molecular weight excluding hydrogens is 208 g/mol. The van der Waals surface area contributed by atoms with E-state index in [0.29, 0.717) is 0 Å². The van der Waals surface area contributed by atoms with Crippen molar-refractivity contribution < 1.29 is 55.3 Å². The molecule has 0 saturated carbocycles. The van der Waals surface area contributed by atoms with Gasteiger partial charge in [-0.25, -0.2) is 0 Å². The largest absolute Gasteiger partial charge is 2.00 e. The molecule has 4 heteroatoms. The molecule has 2 nitrogen and oxygen atoms in total. The van der Waals surface area contributed by atoms with Crippen molar-refractivity contribution in [2.24, 2.45) is 0 Å². The summed E-state index contributed by atoms with van der Waals surface area (Å²) in [5.74, 6) is 0. The molecule has 0 saturated heterocycles. The molecule has 25 valence electrons. The molecule has 0 N–H and O–H groups in total. The summed E-state index contributed by atoms with van der Waals surface area (Å²) in [5.41, 5.74) is 0. The summed E-state index contributed by atoms with van der Waals surface area (Å²) in [6.07, 6.45) is 0. The molecule has 0 unspecified atom stereocenters. The predicted octanol–water partition coefficient (Wildman–Crippen LogP) is -0.243. The molecule has 0 aromatic heterocycles. The fourth-order valence-electron chi connectivity index (χ4n) is 0. The van der Waals surface area contributed by atoms with Crippen molar-refractivity contribution in [2.75, 3.05) is 0 Å². The van der Waals surface area contributed by atoms with Crippen molar-refractivity contribution in [3.05, 3.63) is 0 Å². The molecule has 0 fully saturated rings. The van der Waals surface area contributed by atoms with Gasteiger partial charge in [-0.3, -0.25) is 0 Å². The summed E-state index contributed by atoms with van der Waals surface area (Å²) in [7, 11) is 0. The third kappa shape index (κ3) is 10.1. The van der Waals surface area contributed by atoms with Crippen LogP contribution in [0.2, 0.25) is 0 Å². The van der Waals surface area contributed by atoms with Crippen LogP contribution in [0.5, 0.6) is 0 Å². The van der Waals surface area contributed by atoms with Gasteiger partial charge in [0.15, 0.2) is 0 Å². The van der Waals surface area contributed by atoms with Crippen LogP contribution in [0.4, 0.5) is 0 Å². The average Bonchev–Trinajstić information content (AvgIpc) is 0. The van der Waals surface area contributed by atoms with Gasteiger partial charge in [0, 0.05) is 0 Å². The van der Waals surface area contributed by atoms with Gasteiger partial charge in [0.05, 0.1) is 0 Å². The van der Waals surface area contributed by atoms with Gasteiger partial charge in [0.2, 0.25) is 0 Å². The first-order valence-corrected chi connectivity index (χ1v) is 0. The third-order valence-corrected chi connectivity index (χ3v) is 0. The van der Waals surface area contributed by atoms with Crippen LogP contribution in [-0.2, 0) is 55.3 Å². The molecule has 0 aromatic rings. The molecular formula is CdCuO2. The van der Waals surface area contributed by atoms with E-state index in [1.54, 1.807) is 0 Å². The molecule has 0 amide bonds. The normalized spacial score (nSPS) is 0. The molecule has 0 bridgehead atoms. The fraction of sp³-hybridized carbons (Fsp3) is 0. The Bertz CT molecular complexity index is 6.00. The Morgan fingerprint density at radius 3 is 0.750 bits per heavy atom. The minimum atomic E-state index is 0. The van der Waals surface area contributed by atoms with Crippen molar-refractivity contribution in [1.82, 2.24) is 0 Å². The zero-order valence-electron chi connectivity index (χ0n) is 1.83. The maximum absolute atomic E-state index is 0. The maximum Gasteiger partial charge on any atom is 2.00 e. The van der Waals surface area contributed by atoms with E-state index >= 15 is 0 Å². The quantitative estimate of drug-likeness (QED) is 0.493. The van der Waals surface area contributed by atoms with Crippen LogP contribution in [0.25, 0.3) is 0 Å². The van der Waals surface area contributed by atoms with E-state index in [-0.39, 0.29) is 55.3 Å². The zero-order chi connectivity index (χ0) is 0. The Balaban J connectivity index is 0. The molecule has 0 aliphatic carbocycles. The first-order valence-electron chi connectivity index (χ1n) is 0. The average molecular weight is 208 g/mol. The second-order valence-corrected chi connectivity index (χ2v) is 0. The molecule has 4 heavy (non-hydrogen) atoms. The summed E-state index contributed by atoms with van der Waals surface area (Å²) in [5, 5.41) is 0. The van der Waals surface area contributed by atoms with E-state index in [1.807, 2.05) is 0 Å². The van der Waals surface area contributed by atoms with Gasteiger partial charge in [-0.1, -0.05) is 0 Å². The van der Waals surface area contributed by atoms with Crippen molar-refractivity contribution >= 4 is 0 Å². The van der Waals surface area contributed by atoms with Gasteiger partial charge in [0.25, 0.3) is 0 Å². The van der Waals surface area contributed by atoms with Crippen molar-refractivity contribution in [3.8, 4) is 0 Å². The van der Waals surface area contributed by atoms with Crippen molar-refractivity contribution in [3.63, 3.8) is 0 Å². The van der Waals surface area contributed by atoms with Crippen molar-refractivity contribution in [1.29, 1.82) is 0 Å². The first-order chi connectivity index (χ1) is 0. The zero-order valence-corrected chi connectivity index (χ0v) is 6.80. The van der Waals surface area contributed by atoms with Gasteiger partial charge in [-0.2, -0.15) is 0 Å². The molecule has 0 heterocycles. The van der Waals surface area contributed by atoms with Crippen LogP contribution in [0.1, 0.15) is 0 Å². The first kappa shape index (κ1) is 55.0. The monoisotopic (exact) mass is 209 g/mol. The predicted molar refractivity (Wildman–Crippen MR) is 1.37 cm³/mol. The number of rotatable bonds is 0. The van der Waals surface area contributed by atoms with Crippen LogP contribution in [0.3, 0.4) is 0 Å². The topological polar surface area (TPSA) is 57.0 Å². The Hall–Kier alpha value is 1.36. The summed E-state index contributed by atoms with van der Waals surface area (Å²) in [6, 6.07) is 0. The summed E-state index contributed by atoms with van der Waals surface area (Å²) in [4.78, 5) is 0. The van der Waals surface area contributed by atoms with Crippen LogP contribution in [0.15, 0.2) is 0 Å². The Morgan fingerprint density at radius 2 is 0.750 bits per heavy atom. The smallest absolute Gasteiger partial charge is 2.00 e. The Kier molecular flexibility index (Phi) is 366. The SMILES string of the molecule is [Cd+2].[Cu+2].[O-2].[O-2]. The van der Waals surface area contributed by atoms with Gasteiger partial charge in [-0.15, -0.1) is 0 Å². The Labute approximate surface area is 55.2 Å². The minimum Gasteiger partial charge on any atom is -2.00 e. The molecule has 0 spiro atoms. The van der Waals surface area contributed by atoms with E-state index in [2.05, 4.69) is 0 Å². The van der Waals surface area contributed by atoms with Crippen LogP contribution < -0.4 is 0 Å². The van der Waals surface area contributed by atoms with Crippen molar-refractivity contribution in [2.45, 2.75) is 0 Å². The molecule has 0 aromatic carbocycles. The summed E-state index contributed by atoms with van der Waals surface area (Å²) >= 11 is 0. The minimum absolute atomic E-state index is 0. The molecule has 0 aliphatic rings. The van der Waals surface area contributed by atoms with Gasteiger partial charge in [-0.05, 0) is 0 Å². The number of hydrogen-bond donors (Lipinski definition) is 0. The number of hydrogen-bond acceptors (Lipinski definition) is 0. The molecule has 0 rings (SSSR count). The molecule has 0 aliphatic heterocycles.